The molecule has 1 aliphatic heterocycles. The van der Waals surface area contributed by atoms with Gasteiger partial charge in [0.25, 0.3) is 0 Å². The number of carbonyl (C=O) groups excluding carboxylic acids is 1. The summed E-state index contributed by atoms with van der Waals surface area (Å²) in [5.41, 5.74) is 2.64. The average molecular weight is 410 g/mol. The van der Waals surface area contributed by atoms with Gasteiger partial charge in [0.1, 0.15) is 5.75 Å². The van der Waals surface area contributed by atoms with Crippen molar-refractivity contribution < 1.29 is 9.53 Å². The third kappa shape index (κ3) is 6.07. The van der Waals surface area contributed by atoms with E-state index in [1.807, 2.05) is 50.2 Å². The smallest absolute Gasteiger partial charge is 0.230 e. The van der Waals surface area contributed by atoms with Crippen molar-refractivity contribution in [1.29, 1.82) is 0 Å². The Morgan fingerprint density at radius 2 is 1.70 bits per heavy atom. The van der Waals surface area contributed by atoms with E-state index in [1.54, 1.807) is 7.11 Å². The molecule has 1 heterocycles. The predicted octanol–water partition coefficient (Wildman–Crippen LogP) is 3.69. The number of nitrogens with zero attached hydrogens (tertiary/aromatic N) is 2. The van der Waals surface area contributed by atoms with Gasteiger partial charge in [-0.15, -0.1) is 0 Å². The van der Waals surface area contributed by atoms with Crippen molar-refractivity contribution in [2.45, 2.75) is 26.7 Å². The number of hydrogen-bond acceptors (Lipinski definition) is 4. The van der Waals surface area contributed by atoms with Crippen LogP contribution >= 0.6 is 0 Å². The summed E-state index contributed by atoms with van der Waals surface area (Å²) in [5.74, 6) is 0.835. The molecule has 5 nitrogen and oxygen atoms in total. The fourth-order valence-corrected chi connectivity index (χ4v) is 3.82. The Hall–Kier alpha value is -2.37. The first-order valence-electron chi connectivity index (χ1n) is 10.8. The number of hydrogen-bond donors (Lipinski definition) is 1. The molecule has 1 N–H and O–H groups in total. The minimum absolute atomic E-state index is 0.0126. The molecule has 30 heavy (non-hydrogen) atoms. The molecule has 162 valence electrons. The number of likely N-dealkylation sites (N-methyl/N-ethyl adjacent to an activating group) is 1. The molecule has 0 spiro atoms. The van der Waals surface area contributed by atoms with Gasteiger partial charge in [0, 0.05) is 43.8 Å². The highest BCUT2D eigenvalue weighted by molar-refractivity contribution is 5.95. The fraction of sp³-hybridized carbons (Fsp3) is 0.480. The summed E-state index contributed by atoms with van der Waals surface area (Å²) in [6, 6.07) is 16.1. The minimum Gasteiger partial charge on any atom is -0.496 e. The van der Waals surface area contributed by atoms with E-state index in [0.29, 0.717) is 6.42 Å². The number of piperazine rings is 1. The van der Waals surface area contributed by atoms with Gasteiger partial charge in [-0.2, -0.15) is 0 Å². The van der Waals surface area contributed by atoms with Crippen molar-refractivity contribution in [1.82, 2.24) is 9.80 Å². The molecule has 5 heteroatoms. The number of para-hydroxylation sites is 1. The molecule has 0 bridgehead atoms. The van der Waals surface area contributed by atoms with E-state index in [1.165, 1.54) is 5.56 Å². The number of rotatable bonds is 8. The number of benzene rings is 2. The van der Waals surface area contributed by atoms with Gasteiger partial charge in [-0.05, 0) is 49.2 Å². The maximum Gasteiger partial charge on any atom is 0.230 e. The van der Waals surface area contributed by atoms with E-state index < -0.39 is 5.41 Å². The molecule has 0 unspecified atom stereocenters. The number of anilines is 1. The Kier molecular flexibility index (Phi) is 7.51. The molecule has 3 rings (SSSR count). The van der Waals surface area contributed by atoms with Gasteiger partial charge in [0.15, 0.2) is 0 Å². The van der Waals surface area contributed by atoms with Gasteiger partial charge in [-0.3, -0.25) is 4.79 Å². The monoisotopic (exact) mass is 409 g/mol. The fourth-order valence-electron chi connectivity index (χ4n) is 3.82. The van der Waals surface area contributed by atoms with Crippen LogP contribution < -0.4 is 10.1 Å². The predicted molar refractivity (Wildman–Crippen MR) is 123 cm³/mol. The van der Waals surface area contributed by atoms with E-state index in [9.17, 15) is 4.79 Å². The third-order valence-electron chi connectivity index (χ3n) is 5.96. The number of carbonyl (C=O) groups is 1. The van der Waals surface area contributed by atoms with Crippen LogP contribution in [-0.2, 0) is 17.6 Å². The molecule has 0 radical (unpaired) electrons. The Labute approximate surface area is 181 Å². The standard InChI is InChI=1S/C25H35N3O2/c1-25(2,19-21-7-5-6-8-23(21)30-4)24(29)26-22-11-9-20(10-12-22)13-14-28-17-15-27(3)16-18-28/h5-12H,13-19H2,1-4H3,(H,26,29). The molecule has 0 atom stereocenters. The van der Waals surface area contributed by atoms with Gasteiger partial charge < -0.3 is 19.9 Å². The van der Waals surface area contributed by atoms with Gasteiger partial charge in [0.05, 0.1) is 7.11 Å². The van der Waals surface area contributed by atoms with Crippen LogP contribution in [-0.4, -0.2) is 62.6 Å². The highest BCUT2D eigenvalue weighted by atomic mass is 16.5. The first-order chi connectivity index (χ1) is 14.4. The van der Waals surface area contributed by atoms with Crippen molar-refractivity contribution in [2.24, 2.45) is 5.41 Å². The molecule has 1 aliphatic rings. The Balaban J connectivity index is 1.53. The maximum atomic E-state index is 12.9. The second kappa shape index (κ2) is 10.1. The molecule has 2 aromatic rings. The summed E-state index contributed by atoms with van der Waals surface area (Å²) < 4.78 is 5.44. The van der Waals surface area contributed by atoms with Crippen LogP contribution in [0.4, 0.5) is 5.69 Å². The average Bonchev–Trinajstić information content (AvgIpc) is 2.74. The van der Waals surface area contributed by atoms with Crippen molar-refractivity contribution in [3.63, 3.8) is 0 Å². The molecule has 1 saturated heterocycles. The highest BCUT2D eigenvalue weighted by Crippen LogP contribution is 2.29. The normalized spacial score (nSPS) is 15.7. The summed E-state index contributed by atoms with van der Waals surface area (Å²) >= 11 is 0. The van der Waals surface area contributed by atoms with E-state index in [4.69, 9.17) is 4.74 Å². The Morgan fingerprint density at radius 1 is 1.03 bits per heavy atom. The van der Waals surface area contributed by atoms with Gasteiger partial charge in [0.2, 0.25) is 5.91 Å². The van der Waals surface area contributed by atoms with Crippen molar-refractivity contribution in [2.75, 3.05) is 52.2 Å². The Bertz CT molecular complexity index is 825. The number of methoxy groups -OCH3 is 1. The van der Waals surface area contributed by atoms with Crippen LogP contribution in [0.25, 0.3) is 0 Å². The first-order valence-corrected chi connectivity index (χ1v) is 10.8. The van der Waals surface area contributed by atoms with Crippen LogP contribution in [0.3, 0.4) is 0 Å². The highest BCUT2D eigenvalue weighted by Gasteiger charge is 2.29. The minimum atomic E-state index is -0.547. The molecular weight excluding hydrogens is 374 g/mol. The lowest BCUT2D eigenvalue weighted by atomic mass is 9.84. The van der Waals surface area contributed by atoms with Crippen LogP contribution in [0.5, 0.6) is 5.75 Å². The molecular formula is C25H35N3O2. The van der Waals surface area contributed by atoms with Crippen LogP contribution in [0.15, 0.2) is 48.5 Å². The van der Waals surface area contributed by atoms with Gasteiger partial charge in [-0.25, -0.2) is 0 Å². The van der Waals surface area contributed by atoms with Crippen molar-refractivity contribution >= 4 is 11.6 Å². The lowest BCUT2D eigenvalue weighted by Gasteiger charge is -2.32. The summed E-state index contributed by atoms with van der Waals surface area (Å²) in [5, 5.41) is 3.08. The van der Waals surface area contributed by atoms with Crippen LogP contribution in [0.1, 0.15) is 25.0 Å². The third-order valence-corrected chi connectivity index (χ3v) is 5.96. The molecule has 0 aliphatic carbocycles. The first kappa shape index (κ1) is 22.3. The lowest BCUT2D eigenvalue weighted by Crippen LogP contribution is -2.45. The number of amides is 1. The summed E-state index contributed by atoms with van der Waals surface area (Å²) in [4.78, 5) is 17.8. The van der Waals surface area contributed by atoms with E-state index in [2.05, 4.69) is 34.3 Å². The molecule has 1 amide bonds. The second-order valence-electron chi connectivity index (χ2n) is 8.92. The number of ether oxygens (including phenoxy) is 1. The zero-order chi connectivity index (χ0) is 21.6. The van der Waals surface area contributed by atoms with E-state index in [-0.39, 0.29) is 5.91 Å². The van der Waals surface area contributed by atoms with Crippen LogP contribution in [0.2, 0.25) is 0 Å². The number of nitrogens with one attached hydrogen (secondary N) is 1. The summed E-state index contributed by atoms with van der Waals surface area (Å²) in [7, 11) is 3.85. The summed E-state index contributed by atoms with van der Waals surface area (Å²) in [6.45, 7) is 9.62. The van der Waals surface area contributed by atoms with Crippen molar-refractivity contribution in [3.05, 3.63) is 59.7 Å². The topological polar surface area (TPSA) is 44.8 Å². The van der Waals surface area contributed by atoms with E-state index >= 15 is 0 Å². The van der Waals surface area contributed by atoms with Gasteiger partial charge >= 0.3 is 0 Å². The van der Waals surface area contributed by atoms with Gasteiger partial charge in [-0.1, -0.05) is 44.2 Å². The lowest BCUT2D eigenvalue weighted by molar-refractivity contribution is -0.123. The summed E-state index contributed by atoms with van der Waals surface area (Å²) in [6.07, 6.45) is 1.66. The molecule has 0 saturated carbocycles. The van der Waals surface area contributed by atoms with E-state index in [0.717, 1.165) is 56.1 Å². The largest absolute Gasteiger partial charge is 0.496 e. The Morgan fingerprint density at radius 3 is 2.37 bits per heavy atom. The SMILES string of the molecule is COc1ccccc1CC(C)(C)C(=O)Nc1ccc(CCN2CCN(C)CC2)cc1. The zero-order valence-corrected chi connectivity index (χ0v) is 18.8. The maximum absolute atomic E-state index is 12.9. The second-order valence-corrected chi connectivity index (χ2v) is 8.92. The zero-order valence-electron chi connectivity index (χ0n) is 18.8. The molecule has 2 aromatic carbocycles. The van der Waals surface area contributed by atoms with Crippen LogP contribution in [0, 0.1) is 5.41 Å². The molecule has 1 fully saturated rings. The quantitative estimate of drug-likeness (QED) is 0.722. The van der Waals surface area contributed by atoms with Crippen molar-refractivity contribution in [3.8, 4) is 5.75 Å². The molecule has 0 aromatic heterocycles.